The van der Waals surface area contributed by atoms with E-state index in [9.17, 15) is 19.2 Å². The van der Waals surface area contributed by atoms with Crippen LogP contribution in [0.15, 0.2) is 83.3 Å². The summed E-state index contributed by atoms with van der Waals surface area (Å²) in [6, 6.07) is 17.5. The molecule has 2 aromatic carbocycles. The van der Waals surface area contributed by atoms with Crippen molar-refractivity contribution in [1.82, 2.24) is 15.5 Å². The van der Waals surface area contributed by atoms with Crippen LogP contribution in [0.5, 0.6) is 0 Å². The molecule has 0 aromatic heterocycles. The number of rotatable bonds is 13. The summed E-state index contributed by atoms with van der Waals surface area (Å²) in [5.41, 5.74) is 8.87. The average molecular weight is 934 g/mol. The highest BCUT2D eigenvalue weighted by Gasteiger charge is 2.51. The summed E-state index contributed by atoms with van der Waals surface area (Å²) in [5.74, 6) is -0.0342. The first-order valence-corrected chi connectivity index (χ1v) is 27.7. The molecule has 0 radical (unpaired) electrons. The standard InChI is InChI=1S/C28H37NO2.C25H34N2O2.4C2H6/c1-5-20-25-24(27(31)21(6-2)26(20)30)22(16-19-12-10-18(4)11-13-19)23(29-25)17-28(7-3)14-8-9-15-28;1-4-19-22-23(25(29)20(5-2)24(19)28)27(15-18-12-10-16(3)11-13-18)21(26-22)14-17-8-6-7-9-17;4*1-2/h8-13,20-23,29H,5-7,14-17H2,1-4H3;10-13,17,19-21,26H,4-9,14-15H2,1-3H3;4*1-2H3. The monoisotopic (exact) mass is 934 g/mol. The molecule has 8 rings (SSSR count). The predicted octanol–water partition coefficient (Wildman–Crippen LogP) is 14.5. The molecule has 0 spiro atoms. The second-order valence-electron chi connectivity index (χ2n) is 19.1. The molecule has 7 atom stereocenters. The Labute approximate surface area is 415 Å². The quantitative estimate of drug-likeness (QED) is 0.153. The van der Waals surface area contributed by atoms with Gasteiger partial charge in [-0.05, 0) is 101 Å². The lowest BCUT2D eigenvalue weighted by molar-refractivity contribution is -0.136. The summed E-state index contributed by atoms with van der Waals surface area (Å²) in [7, 11) is 0. The number of Topliss-reactive ketones (excluding diaryl/α,β-unsaturated/α-hetero) is 4. The zero-order chi connectivity index (χ0) is 50.7. The van der Waals surface area contributed by atoms with Gasteiger partial charge in [0.15, 0.2) is 23.1 Å². The Balaban J connectivity index is 0.000000315. The van der Waals surface area contributed by atoms with Gasteiger partial charge in [0.05, 0.1) is 35.5 Å². The fraction of sp³-hybridized carbons (Fsp3) is 0.639. The normalized spacial score (nSPS) is 25.5. The Bertz CT molecular complexity index is 1990. The Morgan fingerprint density at radius 1 is 0.588 bits per heavy atom. The van der Waals surface area contributed by atoms with Crippen LogP contribution in [0.4, 0.5) is 0 Å². The molecule has 2 N–H and O–H groups in total. The Morgan fingerprint density at radius 2 is 1.06 bits per heavy atom. The van der Waals surface area contributed by atoms with Crippen LogP contribution >= 0.6 is 0 Å². The van der Waals surface area contributed by atoms with Crippen LogP contribution in [-0.4, -0.2) is 40.2 Å². The van der Waals surface area contributed by atoms with Crippen molar-refractivity contribution >= 4 is 23.1 Å². The van der Waals surface area contributed by atoms with Gasteiger partial charge < -0.3 is 15.5 Å². The first-order chi connectivity index (χ1) is 33.0. The summed E-state index contributed by atoms with van der Waals surface area (Å²) < 4.78 is 0. The summed E-state index contributed by atoms with van der Waals surface area (Å²) in [4.78, 5) is 55.3. The van der Waals surface area contributed by atoms with E-state index in [1.54, 1.807) is 0 Å². The third-order valence-corrected chi connectivity index (χ3v) is 15.3. The molecule has 0 bridgehead atoms. The van der Waals surface area contributed by atoms with Gasteiger partial charge in [-0.1, -0.05) is 188 Å². The molecule has 0 saturated heterocycles. The molecular formula is C61H95N3O4. The van der Waals surface area contributed by atoms with Crippen molar-refractivity contribution in [3.8, 4) is 0 Å². The van der Waals surface area contributed by atoms with Crippen molar-refractivity contribution in [2.75, 3.05) is 0 Å². The van der Waals surface area contributed by atoms with E-state index in [0.29, 0.717) is 18.8 Å². The first kappa shape index (κ1) is 58.1. The lowest BCUT2D eigenvalue weighted by Crippen LogP contribution is -2.41. The highest BCUT2D eigenvalue weighted by Crippen LogP contribution is 2.48. The fourth-order valence-corrected chi connectivity index (χ4v) is 11.6. The molecule has 6 aliphatic rings. The van der Waals surface area contributed by atoms with Gasteiger partial charge >= 0.3 is 0 Å². The number of nitrogens with one attached hydrogen (secondary N) is 2. The smallest absolute Gasteiger partial charge is 0.191 e. The SMILES string of the molecule is CC.CC.CC.CC.CCC1C(=O)C2=C(NC(CC3(CC)CC=CC3)C2Cc2ccc(C)cc2)C(CC)C1=O.CCC1C(=O)C2=C(NC(CC3CCCC3)N2Cc2ccc(C)cc2)C(CC)C1=O. The molecule has 2 heterocycles. The van der Waals surface area contributed by atoms with Crippen molar-refractivity contribution in [2.24, 2.45) is 40.9 Å². The molecule has 0 amide bonds. The van der Waals surface area contributed by atoms with Gasteiger partial charge in [-0.3, -0.25) is 19.2 Å². The van der Waals surface area contributed by atoms with Gasteiger partial charge in [0.1, 0.15) is 5.70 Å². The summed E-state index contributed by atoms with van der Waals surface area (Å²) in [5, 5.41) is 7.45. The number of allylic oxidation sites excluding steroid dienone is 5. The van der Waals surface area contributed by atoms with Crippen molar-refractivity contribution < 1.29 is 19.2 Å². The van der Waals surface area contributed by atoms with Crippen LogP contribution in [0, 0.1) is 54.8 Å². The molecule has 1 saturated carbocycles. The maximum atomic E-state index is 13.6. The van der Waals surface area contributed by atoms with Crippen LogP contribution in [0.3, 0.4) is 0 Å². The van der Waals surface area contributed by atoms with Crippen LogP contribution in [-0.2, 0) is 32.1 Å². The van der Waals surface area contributed by atoms with E-state index in [1.807, 2.05) is 69.2 Å². The summed E-state index contributed by atoms with van der Waals surface area (Å²) in [6.45, 7) is 31.3. The maximum Gasteiger partial charge on any atom is 0.191 e. The maximum absolute atomic E-state index is 13.6. The Kier molecular flexibility index (Phi) is 24.3. The lowest BCUT2D eigenvalue weighted by atomic mass is 9.70. The number of carbonyl (C=O) groups is 4. The van der Waals surface area contributed by atoms with E-state index in [0.717, 1.165) is 80.6 Å². The highest BCUT2D eigenvalue weighted by atomic mass is 16.2. The van der Waals surface area contributed by atoms with E-state index in [1.165, 1.54) is 47.9 Å². The lowest BCUT2D eigenvalue weighted by Gasteiger charge is -2.34. The largest absolute Gasteiger partial charge is 0.384 e. The minimum absolute atomic E-state index is 0.0331. The Morgan fingerprint density at radius 3 is 1.54 bits per heavy atom. The van der Waals surface area contributed by atoms with Crippen LogP contribution in [0.1, 0.15) is 196 Å². The number of benzene rings is 2. The van der Waals surface area contributed by atoms with Crippen molar-refractivity contribution in [1.29, 1.82) is 0 Å². The predicted molar refractivity (Wildman–Crippen MR) is 286 cm³/mol. The second-order valence-corrected chi connectivity index (χ2v) is 19.1. The molecule has 68 heavy (non-hydrogen) atoms. The molecule has 7 heteroatoms. The summed E-state index contributed by atoms with van der Waals surface area (Å²) >= 11 is 0. The third-order valence-electron chi connectivity index (χ3n) is 15.3. The number of aryl methyl sites for hydroxylation is 2. The van der Waals surface area contributed by atoms with E-state index in [-0.39, 0.29) is 58.5 Å². The van der Waals surface area contributed by atoms with Gasteiger partial charge in [0.2, 0.25) is 0 Å². The van der Waals surface area contributed by atoms with Gasteiger partial charge in [0, 0.05) is 29.8 Å². The van der Waals surface area contributed by atoms with E-state index >= 15 is 0 Å². The van der Waals surface area contributed by atoms with Gasteiger partial charge in [0.25, 0.3) is 0 Å². The molecule has 7 unspecified atom stereocenters. The van der Waals surface area contributed by atoms with Crippen molar-refractivity contribution in [2.45, 2.75) is 212 Å². The van der Waals surface area contributed by atoms with Crippen LogP contribution in [0.25, 0.3) is 0 Å². The van der Waals surface area contributed by atoms with E-state index in [2.05, 4.69) is 111 Å². The number of nitrogens with zero attached hydrogens (tertiary/aromatic N) is 1. The third kappa shape index (κ3) is 13.1. The topological polar surface area (TPSA) is 95.6 Å². The van der Waals surface area contributed by atoms with E-state index < -0.39 is 11.8 Å². The molecular weight excluding hydrogens is 839 g/mol. The number of carbonyl (C=O) groups excluding carboxylic acids is 4. The molecule has 2 aliphatic heterocycles. The van der Waals surface area contributed by atoms with Crippen LogP contribution < -0.4 is 10.6 Å². The Hall–Kier alpha value is -4.26. The minimum Gasteiger partial charge on any atom is -0.384 e. The number of hydrogen-bond donors (Lipinski definition) is 2. The second kappa shape index (κ2) is 28.4. The van der Waals surface area contributed by atoms with Gasteiger partial charge in [-0.15, -0.1) is 0 Å². The zero-order valence-electron chi connectivity index (χ0n) is 45.6. The van der Waals surface area contributed by atoms with E-state index in [4.69, 9.17) is 0 Å². The molecule has 7 nitrogen and oxygen atoms in total. The van der Waals surface area contributed by atoms with Crippen molar-refractivity contribution in [3.63, 3.8) is 0 Å². The molecule has 378 valence electrons. The fourth-order valence-electron chi connectivity index (χ4n) is 11.6. The highest BCUT2D eigenvalue weighted by molar-refractivity contribution is 6.16. The molecule has 1 fully saturated rings. The molecule has 4 aliphatic carbocycles. The van der Waals surface area contributed by atoms with Crippen molar-refractivity contribution in [3.05, 3.63) is 106 Å². The molecule has 2 aromatic rings. The van der Waals surface area contributed by atoms with Crippen LogP contribution in [0.2, 0.25) is 0 Å². The van der Waals surface area contributed by atoms with Gasteiger partial charge in [-0.2, -0.15) is 0 Å². The number of ketones is 4. The first-order valence-electron chi connectivity index (χ1n) is 27.7. The minimum atomic E-state index is -0.480. The average Bonchev–Trinajstić information content (AvgIpc) is 4.20. The zero-order valence-corrected chi connectivity index (χ0v) is 45.6. The van der Waals surface area contributed by atoms with Gasteiger partial charge in [-0.25, -0.2) is 0 Å². The summed E-state index contributed by atoms with van der Waals surface area (Å²) in [6.07, 6.45) is 19.0. The number of hydrogen-bond acceptors (Lipinski definition) is 7.